The predicted molar refractivity (Wildman–Crippen MR) is 47.1 cm³/mol. The molecule has 0 radical (unpaired) electrons. The van der Waals surface area contributed by atoms with Gasteiger partial charge >= 0.3 is 6.18 Å². The smallest absolute Gasteiger partial charge is 0.369 e. The molecule has 0 aromatic heterocycles. The molecule has 0 heterocycles. The minimum absolute atomic E-state index is 0.207. The van der Waals surface area contributed by atoms with Gasteiger partial charge in [0, 0.05) is 6.04 Å². The first-order chi connectivity index (χ1) is 6.51. The van der Waals surface area contributed by atoms with Crippen LogP contribution in [0, 0.1) is 0 Å². The standard InChI is InChI=1S/C9H16F3NO/c1-13-7-2-4-8(5-3-7)14-6-9(10,11)12/h7-8,13H,2-6H2,1H3. The number of rotatable bonds is 3. The van der Waals surface area contributed by atoms with Crippen LogP contribution in [0.3, 0.4) is 0 Å². The average Bonchev–Trinajstić information content (AvgIpc) is 2.14. The molecule has 0 aromatic rings. The monoisotopic (exact) mass is 211 g/mol. The first kappa shape index (κ1) is 11.8. The van der Waals surface area contributed by atoms with Crippen LogP contribution in [-0.2, 0) is 4.74 Å². The summed E-state index contributed by atoms with van der Waals surface area (Å²) in [5.74, 6) is 0. The second kappa shape index (κ2) is 4.98. The normalized spacial score (nSPS) is 29.1. The number of hydrogen-bond donors (Lipinski definition) is 1. The molecule has 0 bridgehead atoms. The Balaban J connectivity index is 2.16. The molecule has 1 fully saturated rings. The summed E-state index contributed by atoms with van der Waals surface area (Å²) < 4.78 is 40.2. The minimum Gasteiger partial charge on any atom is -0.369 e. The van der Waals surface area contributed by atoms with Crippen LogP contribution in [0.4, 0.5) is 13.2 Å². The van der Waals surface area contributed by atoms with Crippen LogP contribution in [0.5, 0.6) is 0 Å². The molecule has 1 N–H and O–H groups in total. The van der Waals surface area contributed by atoms with Crippen molar-refractivity contribution < 1.29 is 17.9 Å². The average molecular weight is 211 g/mol. The van der Waals surface area contributed by atoms with Crippen LogP contribution in [0.25, 0.3) is 0 Å². The summed E-state index contributed by atoms with van der Waals surface area (Å²) >= 11 is 0. The van der Waals surface area contributed by atoms with Crippen LogP contribution < -0.4 is 5.32 Å². The zero-order chi connectivity index (χ0) is 10.6. The fourth-order valence-corrected chi connectivity index (χ4v) is 1.73. The molecule has 0 amide bonds. The molecule has 1 rings (SSSR count). The molecule has 1 saturated carbocycles. The van der Waals surface area contributed by atoms with Gasteiger partial charge in [-0.2, -0.15) is 13.2 Å². The van der Waals surface area contributed by atoms with E-state index in [1.807, 2.05) is 7.05 Å². The summed E-state index contributed by atoms with van der Waals surface area (Å²) in [6.07, 6.45) is -1.15. The Morgan fingerprint density at radius 2 is 1.79 bits per heavy atom. The Kier molecular flexibility index (Phi) is 4.19. The van der Waals surface area contributed by atoms with Gasteiger partial charge in [-0.1, -0.05) is 0 Å². The number of halogens is 3. The Bertz CT molecular complexity index is 164. The largest absolute Gasteiger partial charge is 0.411 e. The molecule has 0 saturated heterocycles. The maximum Gasteiger partial charge on any atom is 0.411 e. The first-order valence-electron chi connectivity index (χ1n) is 4.87. The van der Waals surface area contributed by atoms with Gasteiger partial charge in [0.15, 0.2) is 0 Å². The third kappa shape index (κ3) is 4.28. The quantitative estimate of drug-likeness (QED) is 0.771. The maximum atomic E-state index is 11.8. The lowest BCUT2D eigenvalue weighted by atomic mass is 9.93. The third-order valence-electron chi connectivity index (χ3n) is 2.57. The highest BCUT2D eigenvalue weighted by atomic mass is 19.4. The summed E-state index contributed by atoms with van der Waals surface area (Å²) in [5.41, 5.74) is 0. The van der Waals surface area contributed by atoms with Gasteiger partial charge in [0.05, 0.1) is 6.10 Å². The van der Waals surface area contributed by atoms with E-state index < -0.39 is 12.8 Å². The molecular weight excluding hydrogens is 195 g/mol. The van der Waals surface area contributed by atoms with E-state index in [2.05, 4.69) is 5.32 Å². The van der Waals surface area contributed by atoms with Crippen molar-refractivity contribution in [1.82, 2.24) is 5.32 Å². The van der Waals surface area contributed by atoms with Crippen molar-refractivity contribution >= 4 is 0 Å². The van der Waals surface area contributed by atoms with E-state index in [0.29, 0.717) is 6.04 Å². The van der Waals surface area contributed by atoms with Gasteiger partial charge in [0.25, 0.3) is 0 Å². The molecule has 84 valence electrons. The van der Waals surface area contributed by atoms with Crippen LogP contribution in [-0.4, -0.2) is 32.0 Å². The Morgan fingerprint density at radius 3 is 2.21 bits per heavy atom. The van der Waals surface area contributed by atoms with E-state index in [1.54, 1.807) is 0 Å². The van der Waals surface area contributed by atoms with Gasteiger partial charge in [0.2, 0.25) is 0 Å². The highest BCUT2D eigenvalue weighted by Gasteiger charge is 2.30. The molecule has 0 aromatic carbocycles. The van der Waals surface area contributed by atoms with E-state index >= 15 is 0 Å². The molecule has 0 spiro atoms. The zero-order valence-electron chi connectivity index (χ0n) is 8.23. The molecule has 0 unspecified atom stereocenters. The summed E-state index contributed by atoms with van der Waals surface area (Å²) in [5, 5.41) is 3.12. The van der Waals surface area contributed by atoms with Crippen molar-refractivity contribution in [2.24, 2.45) is 0 Å². The van der Waals surface area contributed by atoms with Gasteiger partial charge < -0.3 is 10.1 Å². The van der Waals surface area contributed by atoms with Crippen molar-refractivity contribution in [1.29, 1.82) is 0 Å². The maximum absolute atomic E-state index is 11.8. The van der Waals surface area contributed by atoms with E-state index in [-0.39, 0.29) is 6.10 Å². The molecule has 0 aliphatic heterocycles. The SMILES string of the molecule is CNC1CCC(OCC(F)(F)F)CC1. The summed E-state index contributed by atoms with van der Waals surface area (Å²) in [6.45, 7) is -1.11. The Morgan fingerprint density at radius 1 is 1.21 bits per heavy atom. The molecule has 2 nitrogen and oxygen atoms in total. The Labute approximate surface area is 81.8 Å². The van der Waals surface area contributed by atoms with E-state index in [0.717, 1.165) is 25.7 Å². The number of alkyl halides is 3. The van der Waals surface area contributed by atoms with Gasteiger partial charge in [-0.05, 0) is 32.7 Å². The molecule has 1 aliphatic rings. The second-order valence-corrected chi connectivity index (χ2v) is 3.69. The van der Waals surface area contributed by atoms with Crippen LogP contribution >= 0.6 is 0 Å². The lowest BCUT2D eigenvalue weighted by Gasteiger charge is -2.28. The summed E-state index contributed by atoms with van der Waals surface area (Å²) in [4.78, 5) is 0. The second-order valence-electron chi connectivity index (χ2n) is 3.69. The number of nitrogens with one attached hydrogen (secondary N) is 1. The highest BCUT2D eigenvalue weighted by Crippen LogP contribution is 2.23. The molecule has 1 aliphatic carbocycles. The highest BCUT2D eigenvalue weighted by molar-refractivity contribution is 4.76. The first-order valence-corrected chi connectivity index (χ1v) is 4.87. The van der Waals surface area contributed by atoms with Crippen molar-refractivity contribution in [3.8, 4) is 0 Å². The lowest BCUT2D eigenvalue weighted by molar-refractivity contribution is -0.188. The van der Waals surface area contributed by atoms with E-state index in [9.17, 15) is 13.2 Å². The van der Waals surface area contributed by atoms with Gasteiger partial charge in [0.1, 0.15) is 6.61 Å². The van der Waals surface area contributed by atoms with Crippen molar-refractivity contribution in [3.63, 3.8) is 0 Å². The summed E-state index contributed by atoms with van der Waals surface area (Å²) in [7, 11) is 1.88. The van der Waals surface area contributed by atoms with E-state index in [4.69, 9.17) is 4.74 Å². The van der Waals surface area contributed by atoms with Gasteiger partial charge in [-0.3, -0.25) is 0 Å². The van der Waals surface area contributed by atoms with Crippen molar-refractivity contribution in [2.45, 2.75) is 44.0 Å². The van der Waals surface area contributed by atoms with Gasteiger partial charge in [-0.25, -0.2) is 0 Å². The van der Waals surface area contributed by atoms with Crippen LogP contribution in [0.2, 0.25) is 0 Å². The topological polar surface area (TPSA) is 21.3 Å². The third-order valence-corrected chi connectivity index (χ3v) is 2.57. The molecular formula is C9H16F3NO. The number of ether oxygens (including phenoxy) is 1. The lowest BCUT2D eigenvalue weighted by Crippen LogP contribution is -2.34. The van der Waals surface area contributed by atoms with Gasteiger partial charge in [-0.15, -0.1) is 0 Å². The molecule has 5 heteroatoms. The predicted octanol–water partition coefficient (Wildman–Crippen LogP) is 2.10. The fraction of sp³-hybridized carbons (Fsp3) is 1.00. The zero-order valence-corrected chi connectivity index (χ0v) is 8.23. The number of hydrogen-bond acceptors (Lipinski definition) is 2. The van der Waals surface area contributed by atoms with E-state index in [1.165, 1.54) is 0 Å². The fourth-order valence-electron chi connectivity index (χ4n) is 1.73. The van der Waals surface area contributed by atoms with Crippen LogP contribution in [0.15, 0.2) is 0 Å². The van der Waals surface area contributed by atoms with Crippen molar-refractivity contribution in [2.75, 3.05) is 13.7 Å². The Hall–Kier alpha value is -0.290. The minimum atomic E-state index is -4.19. The molecule has 14 heavy (non-hydrogen) atoms. The van der Waals surface area contributed by atoms with Crippen LogP contribution in [0.1, 0.15) is 25.7 Å². The molecule has 0 atom stereocenters. The van der Waals surface area contributed by atoms with Crippen molar-refractivity contribution in [3.05, 3.63) is 0 Å². The summed E-state index contributed by atoms with van der Waals surface area (Å²) in [6, 6.07) is 0.445.